The first-order valence-electron chi connectivity index (χ1n) is 9.28. The van der Waals surface area contributed by atoms with Crippen molar-refractivity contribution in [3.05, 3.63) is 66.9 Å². The van der Waals surface area contributed by atoms with Gasteiger partial charge in [0.15, 0.2) is 0 Å². The highest BCUT2D eigenvalue weighted by Gasteiger charge is 2.20. The summed E-state index contributed by atoms with van der Waals surface area (Å²) >= 11 is 0. The predicted octanol–water partition coefficient (Wildman–Crippen LogP) is 4.16. The van der Waals surface area contributed by atoms with E-state index in [4.69, 9.17) is 9.47 Å². The molecule has 134 valence electrons. The zero-order valence-corrected chi connectivity index (χ0v) is 14.9. The van der Waals surface area contributed by atoms with Crippen molar-refractivity contribution in [2.75, 3.05) is 26.2 Å². The van der Waals surface area contributed by atoms with E-state index in [0.717, 1.165) is 54.9 Å². The molecule has 0 N–H and O–H groups in total. The Morgan fingerprint density at radius 2 is 1.77 bits per heavy atom. The third-order valence-corrected chi connectivity index (χ3v) is 4.83. The van der Waals surface area contributed by atoms with Gasteiger partial charge in [0.2, 0.25) is 0 Å². The first-order valence-corrected chi connectivity index (χ1v) is 9.28. The minimum absolute atomic E-state index is 0.320. The van der Waals surface area contributed by atoms with Crippen molar-refractivity contribution < 1.29 is 9.47 Å². The average molecular weight is 348 g/mol. The van der Waals surface area contributed by atoms with Crippen molar-refractivity contribution in [1.82, 2.24) is 9.88 Å². The molecule has 2 heterocycles. The summed E-state index contributed by atoms with van der Waals surface area (Å²) in [5.41, 5.74) is 0.976. The molecule has 1 aliphatic rings. The van der Waals surface area contributed by atoms with Crippen LogP contribution in [0.2, 0.25) is 0 Å². The molecule has 0 unspecified atom stereocenters. The molecule has 4 heteroatoms. The van der Waals surface area contributed by atoms with E-state index in [2.05, 4.69) is 22.0 Å². The molecular formula is C22H24N2O2. The minimum atomic E-state index is 0.320. The van der Waals surface area contributed by atoms with Gasteiger partial charge in [-0.1, -0.05) is 24.3 Å². The number of nitrogens with zero attached hydrogens (tertiary/aromatic N) is 2. The van der Waals surface area contributed by atoms with Gasteiger partial charge in [0, 0.05) is 37.3 Å². The Hall–Kier alpha value is -2.59. The highest BCUT2D eigenvalue weighted by molar-refractivity contribution is 5.79. The number of piperidine rings is 1. The highest BCUT2D eigenvalue weighted by Crippen LogP contribution is 2.20. The van der Waals surface area contributed by atoms with Crippen LogP contribution in [0.1, 0.15) is 12.8 Å². The number of ether oxygens (including phenoxy) is 2. The third kappa shape index (κ3) is 4.33. The molecule has 1 saturated heterocycles. The number of pyridine rings is 1. The summed E-state index contributed by atoms with van der Waals surface area (Å²) in [7, 11) is 0. The summed E-state index contributed by atoms with van der Waals surface area (Å²) in [6, 6.07) is 20.2. The lowest BCUT2D eigenvalue weighted by Gasteiger charge is -2.32. The zero-order valence-electron chi connectivity index (χ0n) is 14.9. The summed E-state index contributed by atoms with van der Waals surface area (Å²) in [4.78, 5) is 6.83. The molecule has 0 bridgehead atoms. The van der Waals surface area contributed by atoms with Gasteiger partial charge in [0.1, 0.15) is 24.2 Å². The van der Waals surface area contributed by atoms with Crippen molar-refractivity contribution in [3.63, 3.8) is 0 Å². The summed E-state index contributed by atoms with van der Waals surface area (Å²) < 4.78 is 12.0. The molecule has 1 aliphatic heterocycles. The van der Waals surface area contributed by atoms with Crippen LogP contribution in [-0.4, -0.2) is 42.2 Å². The van der Waals surface area contributed by atoms with Gasteiger partial charge in [-0.05, 0) is 43.2 Å². The molecule has 2 aromatic carbocycles. The van der Waals surface area contributed by atoms with Gasteiger partial charge >= 0.3 is 0 Å². The van der Waals surface area contributed by atoms with Crippen molar-refractivity contribution in [2.24, 2.45) is 0 Å². The summed E-state index contributed by atoms with van der Waals surface area (Å²) in [5, 5.41) is 1.14. The molecule has 0 amide bonds. The number of rotatable bonds is 6. The fraction of sp³-hybridized carbons (Fsp3) is 0.318. The van der Waals surface area contributed by atoms with E-state index in [9.17, 15) is 0 Å². The van der Waals surface area contributed by atoms with Crippen LogP contribution in [0.3, 0.4) is 0 Å². The van der Waals surface area contributed by atoms with Gasteiger partial charge < -0.3 is 9.47 Å². The normalized spacial score (nSPS) is 15.8. The van der Waals surface area contributed by atoms with Crippen molar-refractivity contribution in [2.45, 2.75) is 18.9 Å². The second kappa shape index (κ2) is 8.19. The topological polar surface area (TPSA) is 34.6 Å². The number of benzene rings is 2. The van der Waals surface area contributed by atoms with Crippen LogP contribution in [0.5, 0.6) is 11.5 Å². The fourth-order valence-electron chi connectivity index (χ4n) is 3.37. The van der Waals surface area contributed by atoms with E-state index in [0.29, 0.717) is 12.7 Å². The van der Waals surface area contributed by atoms with Crippen LogP contribution in [0, 0.1) is 0 Å². The van der Waals surface area contributed by atoms with Crippen molar-refractivity contribution >= 4 is 10.9 Å². The third-order valence-electron chi connectivity index (χ3n) is 4.83. The second-order valence-electron chi connectivity index (χ2n) is 6.68. The maximum absolute atomic E-state index is 6.05. The summed E-state index contributed by atoms with van der Waals surface area (Å²) in [6.45, 7) is 3.75. The Bertz CT molecular complexity index is 830. The van der Waals surface area contributed by atoms with E-state index in [1.165, 1.54) is 0 Å². The molecule has 26 heavy (non-hydrogen) atoms. The molecular weight excluding hydrogens is 324 g/mol. The van der Waals surface area contributed by atoms with E-state index >= 15 is 0 Å². The molecule has 1 fully saturated rings. The fourth-order valence-corrected chi connectivity index (χ4v) is 3.37. The number of likely N-dealkylation sites (tertiary alicyclic amines) is 1. The highest BCUT2D eigenvalue weighted by atomic mass is 16.5. The first-order chi connectivity index (χ1) is 12.9. The largest absolute Gasteiger partial charge is 0.492 e. The second-order valence-corrected chi connectivity index (χ2v) is 6.68. The van der Waals surface area contributed by atoms with Gasteiger partial charge in [-0.25, -0.2) is 0 Å². The number of fused-ring (bicyclic) bond motifs is 1. The van der Waals surface area contributed by atoms with E-state index < -0.39 is 0 Å². The van der Waals surface area contributed by atoms with Gasteiger partial charge in [-0.15, -0.1) is 0 Å². The number of aromatic nitrogens is 1. The smallest absolute Gasteiger partial charge is 0.121 e. The molecule has 0 spiro atoms. The lowest BCUT2D eigenvalue weighted by molar-refractivity contribution is 0.0915. The molecule has 1 aromatic heterocycles. The minimum Gasteiger partial charge on any atom is -0.492 e. The molecule has 4 nitrogen and oxygen atoms in total. The van der Waals surface area contributed by atoms with Crippen LogP contribution in [0.25, 0.3) is 10.9 Å². The quantitative estimate of drug-likeness (QED) is 0.670. The maximum Gasteiger partial charge on any atom is 0.121 e. The molecule has 0 atom stereocenters. The molecule has 0 saturated carbocycles. The SMILES string of the molecule is c1ccc(OC2CCN(CCOc3ccc4cccnc4c3)CC2)cc1. The van der Waals surface area contributed by atoms with Crippen LogP contribution in [0.15, 0.2) is 66.9 Å². The van der Waals surface area contributed by atoms with Crippen LogP contribution < -0.4 is 9.47 Å². The number of para-hydroxylation sites is 1. The zero-order chi connectivity index (χ0) is 17.6. The predicted molar refractivity (Wildman–Crippen MR) is 104 cm³/mol. The monoisotopic (exact) mass is 348 g/mol. The Labute approximate surface area is 154 Å². The van der Waals surface area contributed by atoms with E-state index in [1.54, 1.807) is 0 Å². The van der Waals surface area contributed by atoms with Gasteiger partial charge in [0.05, 0.1) is 5.52 Å². The van der Waals surface area contributed by atoms with Crippen LogP contribution in [0.4, 0.5) is 0 Å². The lowest BCUT2D eigenvalue weighted by atomic mass is 10.1. The van der Waals surface area contributed by atoms with Crippen LogP contribution in [-0.2, 0) is 0 Å². The number of hydrogen-bond acceptors (Lipinski definition) is 4. The van der Waals surface area contributed by atoms with Gasteiger partial charge in [-0.3, -0.25) is 9.88 Å². The Morgan fingerprint density at radius 3 is 2.62 bits per heavy atom. The van der Waals surface area contributed by atoms with E-state index in [1.807, 2.05) is 54.7 Å². The molecule has 0 radical (unpaired) electrons. The maximum atomic E-state index is 6.05. The summed E-state index contributed by atoms with van der Waals surface area (Å²) in [6.07, 6.45) is 4.26. The number of hydrogen-bond donors (Lipinski definition) is 0. The average Bonchev–Trinajstić information content (AvgIpc) is 2.70. The standard InChI is InChI=1S/C22H24N2O2/c1-2-6-19(7-3-1)26-20-10-13-24(14-11-20)15-16-25-21-9-8-18-5-4-12-23-22(18)17-21/h1-9,12,17,20H,10-11,13-16H2. The Morgan fingerprint density at radius 1 is 0.923 bits per heavy atom. The molecule has 3 aromatic rings. The van der Waals surface area contributed by atoms with Gasteiger partial charge in [-0.2, -0.15) is 0 Å². The summed E-state index contributed by atoms with van der Waals surface area (Å²) in [5.74, 6) is 1.86. The van der Waals surface area contributed by atoms with E-state index in [-0.39, 0.29) is 0 Å². The van der Waals surface area contributed by atoms with Crippen molar-refractivity contribution in [1.29, 1.82) is 0 Å². The molecule has 0 aliphatic carbocycles. The van der Waals surface area contributed by atoms with Gasteiger partial charge in [0.25, 0.3) is 0 Å². The lowest BCUT2D eigenvalue weighted by Crippen LogP contribution is -2.40. The first kappa shape index (κ1) is 16.9. The Balaban J connectivity index is 1.21. The van der Waals surface area contributed by atoms with Crippen LogP contribution >= 0.6 is 0 Å². The van der Waals surface area contributed by atoms with Crippen molar-refractivity contribution in [3.8, 4) is 11.5 Å². The Kier molecular flexibility index (Phi) is 5.31. The molecule has 4 rings (SSSR count).